The lowest BCUT2D eigenvalue weighted by Gasteiger charge is -2.25. The van der Waals surface area contributed by atoms with E-state index in [1.807, 2.05) is 6.92 Å². The second-order valence-electron chi connectivity index (χ2n) is 10.8. The Balaban J connectivity index is 0.000000317. The molecule has 1 aromatic carbocycles. The molecule has 2 aromatic heterocycles. The van der Waals surface area contributed by atoms with Crippen molar-refractivity contribution in [1.29, 1.82) is 0 Å². The van der Waals surface area contributed by atoms with Gasteiger partial charge in [0.1, 0.15) is 5.82 Å². The molecule has 0 aliphatic heterocycles. The number of thiazole rings is 1. The molecule has 2 aliphatic rings. The average Bonchev–Trinajstić information content (AvgIpc) is 3.50. The van der Waals surface area contributed by atoms with Crippen molar-refractivity contribution in [2.24, 2.45) is 5.92 Å². The molecule has 0 radical (unpaired) electrons. The lowest BCUT2D eigenvalue weighted by molar-refractivity contribution is 0.336. The van der Waals surface area contributed by atoms with Crippen LogP contribution in [0.15, 0.2) is 47.4 Å². The zero-order valence-electron chi connectivity index (χ0n) is 23.7. The molecule has 3 aromatic rings. The number of hydrogen-bond donors (Lipinski definition) is 1. The summed E-state index contributed by atoms with van der Waals surface area (Å²) in [4.78, 5) is 14.2. The molecule has 7 heteroatoms. The van der Waals surface area contributed by atoms with E-state index in [0.29, 0.717) is 0 Å². The summed E-state index contributed by atoms with van der Waals surface area (Å²) in [7, 11) is 4.22. The van der Waals surface area contributed by atoms with Crippen LogP contribution in [0.3, 0.4) is 0 Å². The zero-order valence-corrected chi connectivity index (χ0v) is 25.3. The van der Waals surface area contributed by atoms with E-state index in [0.717, 1.165) is 48.5 Å². The topological polar surface area (TPSA) is 44.3 Å². The summed E-state index contributed by atoms with van der Waals surface area (Å²) < 4.78 is 2.34. The van der Waals surface area contributed by atoms with Crippen molar-refractivity contribution in [2.75, 3.05) is 36.8 Å². The Morgan fingerprint density at radius 3 is 2.47 bits per heavy atom. The smallest absolute Gasteiger partial charge is 0.188 e. The maximum atomic E-state index is 4.75. The number of rotatable bonds is 10. The first-order valence-electron chi connectivity index (χ1n) is 14.4. The highest BCUT2D eigenvalue weighted by Gasteiger charge is 2.17. The van der Waals surface area contributed by atoms with Gasteiger partial charge in [-0.15, -0.1) is 11.3 Å². The molecule has 38 heavy (non-hydrogen) atoms. The fourth-order valence-electron chi connectivity index (χ4n) is 5.23. The molecule has 5 nitrogen and oxygen atoms in total. The van der Waals surface area contributed by atoms with E-state index in [4.69, 9.17) is 4.98 Å². The number of benzene rings is 1. The SMILES string of the molecule is CCCC1CCCCC1.Cc1cc(SN(CCN(C)C)c2ccccc2)cc(Nc2nc3c(s2)CCC3)n1. The van der Waals surface area contributed by atoms with Gasteiger partial charge in [0, 0.05) is 34.2 Å². The van der Waals surface area contributed by atoms with E-state index in [1.54, 1.807) is 23.3 Å². The monoisotopic (exact) mass is 551 g/mol. The molecule has 206 valence electrons. The third-order valence-corrected chi connectivity index (χ3v) is 9.32. The maximum absolute atomic E-state index is 4.75. The Bertz CT molecular complexity index is 1080. The Morgan fingerprint density at radius 2 is 1.76 bits per heavy atom. The molecule has 5 rings (SSSR count). The van der Waals surface area contributed by atoms with E-state index >= 15 is 0 Å². The van der Waals surface area contributed by atoms with Crippen molar-refractivity contribution in [2.45, 2.75) is 83.0 Å². The van der Waals surface area contributed by atoms with Crippen LogP contribution in [0.2, 0.25) is 0 Å². The fraction of sp³-hybridized carbons (Fsp3) is 0.548. The summed E-state index contributed by atoms with van der Waals surface area (Å²) >= 11 is 3.52. The van der Waals surface area contributed by atoms with Crippen LogP contribution in [-0.4, -0.2) is 42.1 Å². The number of hydrogen-bond acceptors (Lipinski definition) is 7. The van der Waals surface area contributed by atoms with Crippen molar-refractivity contribution < 1.29 is 0 Å². The number of anilines is 3. The van der Waals surface area contributed by atoms with E-state index in [9.17, 15) is 0 Å². The van der Waals surface area contributed by atoms with Gasteiger partial charge in [0.05, 0.1) is 5.69 Å². The quantitative estimate of drug-likeness (QED) is 0.255. The maximum Gasteiger partial charge on any atom is 0.188 e. The number of nitrogens with one attached hydrogen (secondary N) is 1. The molecule has 2 aliphatic carbocycles. The van der Waals surface area contributed by atoms with Crippen LogP contribution in [0, 0.1) is 12.8 Å². The summed E-state index contributed by atoms with van der Waals surface area (Å²) in [5.41, 5.74) is 3.47. The molecule has 0 bridgehead atoms. The van der Waals surface area contributed by atoms with E-state index in [1.165, 1.54) is 72.5 Å². The molecule has 1 N–H and O–H groups in total. The van der Waals surface area contributed by atoms with Crippen LogP contribution in [0.25, 0.3) is 0 Å². The highest BCUT2D eigenvalue weighted by molar-refractivity contribution is 8.00. The largest absolute Gasteiger partial charge is 0.316 e. The minimum atomic E-state index is 0.862. The molecule has 0 saturated heterocycles. The van der Waals surface area contributed by atoms with Gasteiger partial charge in [0.25, 0.3) is 0 Å². The third kappa shape index (κ3) is 8.99. The molecule has 2 heterocycles. The highest BCUT2D eigenvalue weighted by atomic mass is 32.2. The minimum absolute atomic E-state index is 0.862. The van der Waals surface area contributed by atoms with Gasteiger partial charge in [-0.2, -0.15) is 0 Å². The van der Waals surface area contributed by atoms with E-state index < -0.39 is 0 Å². The molecule has 1 fully saturated rings. The standard InChI is InChI=1S/C22H27N5S2.C9H18/c1-16-14-18(29-27(13-12-26(2)3)17-8-5-4-6-9-17)15-21(23-16)25-22-24-19-10-7-11-20(19)28-22;1-2-6-9-7-4-3-5-8-9/h4-6,8-9,14-15H,7,10-13H2,1-3H3,(H,23,24,25);9H,2-8H2,1H3. The van der Waals surface area contributed by atoms with Gasteiger partial charge in [0.2, 0.25) is 0 Å². The van der Waals surface area contributed by atoms with Gasteiger partial charge >= 0.3 is 0 Å². The summed E-state index contributed by atoms with van der Waals surface area (Å²) in [6, 6.07) is 14.8. The molecule has 1 saturated carbocycles. The van der Waals surface area contributed by atoms with Crippen molar-refractivity contribution in [3.05, 3.63) is 58.7 Å². The fourth-order valence-corrected chi connectivity index (χ4v) is 7.33. The minimum Gasteiger partial charge on any atom is -0.316 e. The van der Waals surface area contributed by atoms with Crippen molar-refractivity contribution >= 4 is 39.9 Å². The Kier molecular flexibility index (Phi) is 11.3. The molecule has 0 amide bonds. The van der Waals surface area contributed by atoms with Crippen LogP contribution in [-0.2, 0) is 12.8 Å². The second kappa shape index (κ2) is 14.9. The number of pyridine rings is 1. The first-order chi connectivity index (χ1) is 18.5. The van der Waals surface area contributed by atoms with Crippen LogP contribution in [0.1, 0.15) is 74.6 Å². The second-order valence-corrected chi connectivity index (χ2v) is 13.0. The first kappa shape index (κ1) is 28.9. The summed E-state index contributed by atoms with van der Waals surface area (Å²) in [5.74, 6) is 1.96. The van der Waals surface area contributed by atoms with Crippen molar-refractivity contribution in [1.82, 2.24) is 14.9 Å². The average molecular weight is 552 g/mol. The molecule has 0 unspecified atom stereocenters. The van der Waals surface area contributed by atoms with E-state index in [-0.39, 0.29) is 0 Å². The lowest BCUT2D eigenvalue weighted by atomic mass is 9.86. The molecular weight excluding hydrogens is 507 g/mol. The summed E-state index contributed by atoms with van der Waals surface area (Å²) in [6.45, 7) is 6.27. The van der Waals surface area contributed by atoms with Gasteiger partial charge in [-0.3, -0.25) is 0 Å². The lowest BCUT2D eigenvalue weighted by Crippen LogP contribution is -2.26. The van der Waals surface area contributed by atoms with Crippen LogP contribution in [0.5, 0.6) is 0 Å². The van der Waals surface area contributed by atoms with Gasteiger partial charge in [-0.05, 0) is 82.4 Å². The predicted octanol–water partition coefficient (Wildman–Crippen LogP) is 8.52. The number of para-hydroxylation sites is 1. The summed E-state index contributed by atoms with van der Waals surface area (Å²) in [6.07, 6.45) is 13.9. The predicted molar refractivity (Wildman–Crippen MR) is 166 cm³/mol. The Labute approximate surface area is 238 Å². The third-order valence-electron chi connectivity index (χ3n) is 7.19. The number of likely N-dealkylation sites (N-methyl/N-ethyl adjacent to an activating group) is 1. The van der Waals surface area contributed by atoms with Crippen molar-refractivity contribution in [3.8, 4) is 0 Å². The Morgan fingerprint density at radius 1 is 0.974 bits per heavy atom. The first-order valence-corrected chi connectivity index (χ1v) is 16.0. The van der Waals surface area contributed by atoms with Crippen LogP contribution >= 0.6 is 23.3 Å². The van der Waals surface area contributed by atoms with Crippen molar-refractivity contribution in [3.63, 3.8) is 0 Å². The number of fused-ring (bicyclic) bond motifs is 1. The number of aromatic nitrogens is 2. The normalized spacial score (nSPS) is 15.2. The highest BCUT2D eigenvalue weighted by Crippen LogP contribution is 2.34. The van der Waals surface area contributed by atoms with Gasteiger partial charge < -0.3 is 14.5 Å². The van der Waals surface area contributed by atoms with Gasteiger partial charge in [-0.25, -0.2) is 9.97 Å². The van der Waals surface area contributed by atoms with Gasteiger partial charge in [0.15, 0.2) is 5.13 Å². The summed E-state index contributed by atoms with van der Waals surface area (Å²) in [5, 5.41) is 4.39. The van der Waals surface area contributed by atoms with E-state index in [2.05, 4.69) is 83.0 Å². The van der Waals surface area contributed by atoms with Crippen LogP contribution < -0.4 is 9.62 Å². The molecular formula is C31H45N5S2. The molecule has 0 atom stereocenters. The number of aryl methyl sites for hydroxylation is 3. The number of nitrogens with zero attached hydrogens (tertiary/aromatic N) is 4. The zero-order chi connectivity index (χ0) is 26.7. The molecule has 0 spiro atoms. The Hall–Kier alpha value is -2.09. The van der Waals surface area contributed by atoms with Crippen LogP contribution in [0.4, 0.5) is 16.6 Å². The van der Waals surface area contributed by atoms with Gasteiger partial charge in [-0.1, -0.05) is 70.1 Å².